The molecule has 0 fully saturated rings. The second-order valence-corrected chi connectivity index (χ2v) is 4.54. The highest BCUT2D eigenvalue weighted by Gasteiger charge is 1.99. The minimum atomic E-state index is -0.316. The van der Waals surface area contributed by atoms with Crippen LogP contribution in [0.15, 0.2) is 48.5 Å². The topological polar surface area (TPSA) is 64.3 Å². The van der Waals surface area contributed by atoms with Crippen molar-refractivity contribution >= 4 is 11.6 Å². The van der Waals surface area contributed by atoms with Gasteiger partial charge in [-0.2, -0.15) is 0 Å². The van der Waals surface area contributed by atoms with Crippen molar-refractivity contribution in [2.45, 2.75) is 13.0 Å². The van der Waals surface area contributed by atoms with E-state index in [1.54, 1.807) is 7.11 Å². The van der Waals surface area contributed by atoms with Crippen LogP contribution in [-0.2, 0) is 17.8 Å². The Labute approximate surface area is 118 Å². The molecule has 0 saturated heterocycles. The first-order valence-electron chi connectivity index (χ1n) is 6.41. The summed E-state index contributed by atoms with van der Waals surface area (Å²) >= 11 is 0. The number of amides is 1. The highest BCUT2D eigenvalue weighted by atomic mass is 16.5. The zero-order valence-electron chi connectivity index (χ0n) is 11.4. The van der Waals surface area contributed by atoms with Gasteiger partial charge in [-0.05, 0) is 35.4 Å². The van der Waals surface area contributed by atoms with Crippen molar-refractivity contribution in [2.24, 2.45) is 5.73 Å². The van der Waals surface area contributed by atoms with Gasteiger partial charge in [0.15, 0.2) is 0 Å². The van der Waals surface area contributed by atoms with Crippen LogP contribution in [0.2, 0.25) is 0 Å². The molecule has 2 aromatic carbocycles. The Balaban J connectivity index is 1.91. The number of primary amides is 1. The third-order valence-corrected chi connectivity index (χ3v) is 2.99. The summed E-state index contributed by atoms with van der Waals surface area (Å²) in [6.45, 7) is 0.735. The molecule has 2 rings (SSSR count). The summed E-state index contributed by atoms with van der Waals surface area (Å²) in [6.07, 6.45) is 0.277. The van der Waals surface area contributed by atoms with Crippen molar-refractivity contribution in [2.75, 3.05) is 12.4 Å². The molecular weight excluding hydrogens is 252 g/mol. The summed E-state index contributed by atoms with van der Waals surface area (Å²) in [6, 6.07) is 15.6. The first-order chi connectivity index (χ1) is 9.67. The summed E-state index contributed by atoms with van der Waals surface area (Å²) in [7, 11) is 1.65. The van der Waals surface area contributed by atoms with Gasteiger partial charge < -0.3 is 15.8 Å². The molecule has 0 bridgehead atoms. The molecule has 0 atom stereocenters. The van der Waals surface area contributed by atoms with Crippen molar-refractivity contribution in [1.29, 1.82) is 0 Å². The molecule has 0 saturated carbocycles. The van der Waals surface area contributed by atoms with E-state index in [4.69, 9.17) is 10.5 Å². The Morgan fingerprint density at radius 2 is 1.65 bits per heavy atom. The highest BCUT2D eigenvalue weighted by Crippen LogP contribution is 2.14. The fraction of sp³-hybridized carbons (Fsp3) is 0.188. The molecule has 1 amide bonds. The molecule has 4 heteroatoms. The summed E-state index contributed by atoms with van der Waals surface area (Å²) in [4.78, 5) is 10.8. The Morgan fingerprint density at radius 1 is 1.05 bits per heavy atom. The van der Waals surface area contributed by atoms with Gasteiger partial charge in [0.25, 0.3) is 0 Å². The SMILES string of the molecule is COc1ccc(CNc2ccc(CC(N)=O)cc2)cc1. The van der Waals surface area contributed by atoms with Crippen molar-refractivity contribution < 1.29 is 9.53 Å². The van der Waals surface area contributed by atoms with E-state index < -0.39 is 0 Å². The number of methoxy groups -OCH3 is 1. The van der Waals surface area contributed by atoms with E-state index in [1.165, 1.54) is 5.56 Å². The van der Waals surface area contributed by atoms with Gasteiger partial charge >= 0.3 is 0 Å². The number of ether oxygens (including phenoxy) is 1. The number of nitrogens with two attached hydrogens (primary N) is 1. The molecule has 104 valence electrons. The lowest BCUT2D eigenvalue weighted by Gasteiger charge is -2.08. The minimum absolute atomic E-state index is 0.277. The molecule has 0 aliphatic heterocycles. The lowest BCUT2D eigenvalue weighted by atomic mass is 10.1. The fourth-order valence-electron chi connectivity index (χ4n) is 1.89. The average Bonchev–Trinajstić information content (AvgIpc) is 2.46. The first-order valence-corrected chi connectivity index (χ1v) is 6.41. The number of anilines is 1. The molecule has 0 heterocycles. The number of benzene rings is 2. The molecule has 0 aliphatic rings. The van der Waals surface area contributed by atoms with E-state index >= 15 is 0 Å². The van der Waals surface area contributed by atoms with Gasteiger partial charge in [-0.25, -0.2) is 0 Å². The lowest BCUT2D eigenvalue weighted by Crippen LogP contribution is -2.13. The third kappa shape index (κ3) is 4.02. The van der Waals surface area contributed by atoms with Gasteiger partial charge in [0, 0.05) is 12.2 Å². The molecule has 20 heavy (non-hydrogen) atoms. The first kappa shape index (κ1) is 13.9. The van der Waals surface area contributed by atoms with Crippen LogP contribution in [0.1, 0.15) is 11.1 Å². The highest BCUT2D eigenvalue weighted by molar-refractivity contribution is 5.76. The van der Waals surface area contributed by atoms with Gasteiger partial charge in [-0.15, -0.1) is 0 Å². The molecule has 0 spiro atoms. The smallest absolute Gasteiger partial charge is 0.221 e. The van der Waals surface area contributed by atoms with Gasteiger partial charge in [0.1, 0.15) is 5.75 Å². The molecule has 0 radical (unpaired) electrons. The maximum atomic E-state index is 10.8. The van der Waals surface area contributed by atoms with Gasteiger partial charge in [0.2, 0.25) is 5.91 Å². The van der Waals surface area contributed by atoms with Crippen LogP contribution in [0.25, 0.3) is 0 Å². The Hall–Kier alpha value is -2.49. The van der Waals surface area contributed by atoms with Crippen molar-refractivity contribution in [3.63, 3.8) is 0 Å². The summed E-state index contributed by atoms with van der Waals surface area (Å²) in [5.41, 5.74) is 8.26. The molecule has 4 nitrogen and oxygen atoms in total. The van der Waals surface area contributed by atoms with E-state index in [-0.39, 0.29) is 12.3 Å². The van der Waals surface area contributed by atoms with Crippen molar-refractivity contribution in [1.82, 2.24) is 0 Å². The number of carbonyl (C=O) groups excluding carboxylic acids is 1. The monoisotopic (exact) mass is 270 g/mol. The Bertz CT molecular complexity index is 562. The zero-order valence-corrected chi connectivity index (χ0v) is 11.4. The number of hydrogen-bond acceptors (Lipinski definition) is 3. The van der Waals surface area contributed by atoms with Crippen LogP contribution in [0.5, 0.6) is 5.75 Å². The molecule has 0 unspecified atom stereocenters. The molecule has 3 N–H and O–H groups in total. The van der Waals surface area contributed by atoms with Crippen molar-refractivity contribution in [3.05, 3.63) is 59.7 Å². The molecule has 0 aliphatic carbocycles. The quantitative estimate of drug-likeness (QED) is 0.846. The minimum Gasteiger partial charge on any atom is -0.497 e. The van der Waals surface area contributed by atoms with E-state index in [9.17, 15) is 4.79 Å². The normalized spacial score (nSPS) is 10.1. The third-order valence-electron chi connectivity index (χ3n) is 2.99. The van der Waals surface area contributed by atoms with Crippen molar-refractivity contribution in [3.8, 4) is 5.75 Å². The van der Waals surface area contributed by atoms with Crippen LogP contribution in [0.3, 0.4) is 0 Å². The Kier molecular flexibility index (Phi) is 4.60. The van der Waals surface area contributed by atoms with Gasteiger partial charge in [-0.3, -0.25) is 4.79 Å². The number of nitrogens with one attached hydrogen (secondary N) is 1. The fourth-order valence-corrected chi connectivity index (χ4v) is 1.89. The zero-order chi connectivity index (χ0) is 14.4. The maximum absolute atomic E-state index is 10.8. The second-order valence-electron chi connectivity index (χ2n) is 4.54. The number of carbonyl (C=O) groups is 1. The lowest BCUT2D eigenvalue weighted by molar-refractivity contribution is -0.117. The summed E-state index contributed by atoms with van der Waals surface area (Å²) < 4.78 is 5.12. The summed E-state index contributed by atoms with van der Waals surface area (Å²) in [5.74, 6) is 0.536. The predicted octanol–water partition coefficient (Wildman–Crippen LogP) is 2.34. The standard InChI is InChI=1S/C16H18N2O2/c1-20-15-8-4-13(5-9-15)11-18-14-6-2-12(3-7-14)10-16(17)19/h2-9,18H,10-11H2,1H3,(H2,17,19). The molecule has 0 aromatic heterocycles. The largest absolute Gasteiger partial charge is 0.497 e. The van der Waals surface area contributed by atoms with Crippen LogP contribution < -0.4 is 15.8 Å². The van der Waals surface area contributed by atoms with E-state index in [2.05, 4.69) is 5.32 Å². The Morgan fingerprint density at radius 3 is 2.20 bits per heavy atom. The van der Waals surface area contributed by atoms with Gasteiger partial charge in [0.05, 0.1) is 13.5 Å². The molecule has 2 aromatic rings. The van der Waals surface area contributed by atoms with Crippen LogP contribution in [0, 0.1) is 0 Å². The average molecular weight is 270 g/mol. The van der Waals surface area contributed by atoms with E-state index in [1.807, 2.05) is 48.5 Å². The second kappa shape index (κ2) is 6.61. The molecular formula is C16H18N2O2. The number of hydrogen-bond donors (Lipinski definition) is 2. The van der Waals surface area contributed by atoms with Crippen LogP contribution in [-0.4, -0.2) is 13.0 Å². The van der Waals surface area contributed by atoms with Crippen LogP contribution >= 0.6 is 0 Å². The van der Waals surface area contributed by atoms with E-state index in [0.29, 0.717) is 0 Å². The van der Waals surface area contributed by atoms with Gasteiger partial charge in [-0.1, -0.05) is 24.3 Å². The van der Waals surface area contributed by atoms with E-state index in [0.717, 1.165) is 23.5 Å². The summed E-state index contributed by atoms with van der Waals surface area (Å²) in [5, 5.41) is 3.32. The number of rotatable bonds is 6. The maximum Gasteiger partial charge on any atom is 0.221 e. The van der Waals surface area contributed by atoms with Crippen LogP contribution in [0.4, 0.5) is 5.69 Å². The predicted molar refractivity (Wildman–Crippen MR) is 79.7 cm³/mol.